The molecule has 0 radical (unpaired) electrons. The largest absolute Gasteiger partial charge is 0.447 e. The molecule has 2 aliphatic rings. The zero-order chi connectivity index (χ0) is 10.6. The molecule has 3 rings (SSSR count). The Hall–Kier alpha value is -0.700. The van der Waals surface area contributed by atoms with Crippen molar-refractivity contribution in [3.8, 4) is 11.5 Å². The second kappa shape index (κ2) is 2.91. The fourth-order valence-electron chi connectivity index (χ4n) is 1.92. The normalized spacial score (nSPS) is 30.7. The van der Waals surface area contributed by atoms with E-state index < -0.39 is 0 Å². The predicted molar refractivity (Wildman–Crippen MR) is 62.5 cm³/mol. The van der Waals surface area contributed by atoms with E-state index >= 15 is 0 Å². The molecule has 1 saturated carbocycles. The highest BCUT2D eigenvalue weighted by Crippen LogP contribution is 2.55. The van der Waals surface area contributed by atoms with Crippen LogP contribution in [-0.4, -0.2) is 9.73 Å². The van der Waals surface area contributed by atoms with Crippen molar-refractivity contribution in [3.63, 3.8) is 0 Å². The van der Waals surface area contributed by atoms with E-state index in [2.05, 4.69) is 25.8 Å². The summed E-state index contributed by atoms with van der Waals surface area (Å²) in [6.07, 6.45) is 3.19. The minimum atomic E-state index is 0.502. The lowest BCUT2D eigenvalue weighted by atomic mass is 10.2. The van der Waals surface area contributed by atoms with Gasteiger partial charge in [0, 0.05) is 16.1 Å². The van der Waals surface area contributed by atoms with Crippen molar-refractivity contribution in [2.75, 3.05) is 0 Å². The summed E-state index contributed by atoms with van der Waals surface area (Å²) in [4.78, 5) is 4.44. The maximum atomic E-state index is 5.31. The predicted octanol–water partition coefficient (Wildman–Crippen LogP) is 3.53. The van der Waals surface area contributed by atoms with Gasteiger partial charge in [-0.05, 0) is 19.3 Å². The minimum absolute atomic E-state index is 0.502. The van der Waals surface area contributed by atoms with Gasteiger partial charge in [0.05, 0.1) is 11.9 Å². The number of nitrogens with zero attached hydrogens (tertiary/aromatic N) is 1. The summed E-state index contributed by atoms with van der Waals surface area (Å²) in [5, 5.41) is 0. The van der Waals surface area contributed by atoms with Crippen LogP contribution in [0.15, 0.2) is 6.20 Å². The first-order valence-corrected chi connectivity index (χ1v) is 6.39. The summed E-state index contributed by atoms with van der Waals surface area (Å²) in [6.45, 7) is 6.78. The summed E-state index contributed by atoms with van der Waals surface area (Å²) >= 11 is 2.03. The summed E-state index contributed by atoms with van der Waals surface area (Å²) in [6, 6.07) is 0. The standard InChI is InChI=1S/C12H15NOS/c1-7-4-12(7,3)15-6-9-8(2)11-10(14-11)5-13-9/h5,7H,4,6H2,1-3H3. The Labute approximate surface area is 94.4 Å². The number of ether oxygens (including phenoxy) is 1. The average Bonchev–Trinajstić information content (AvgIpc) is 3.05. The molecule has 2 atom stereocenters. The fraction of sp³-hybridized carbons (Fsp3) is 0.583. The molecular formula is C12H15NOS. The maximum absolute atomic E-state index is 5.31. The van der Waals surface area contributed by atoms with Gasteiger partial charge < -0.3 is 4.74 Å². The van der Waals surface area contributed by atoms with Gasteiger partial charge in [-0.2, -0.15) is 0 Å². The van der Waals surface area contributed by atoms with Crippen LogP contribution in [0.5, 0.6) is 11.5 Å². The van der Waals surface area contributed by atoms with Crippen LogP contribution in [0, 0.1) is 12.8 Å². The average molecular weight is 221 g/mol. The van der Waals surface area contributed by atoms with Crippen molar-refractivity contribution < 1.29 is 4.74 Å². The van der Waals surface area contributed by atoms with Crippen molar-refractivity contribution in [1.29, 1.82) is 0 Å². The lowest BCUT2D eigenvalue weighted by Crippen LogP contribution is -2.00. The molecule has 1 aliphatic heterocycles. The lowest BCUT2D eigenvalue weighted by Gasteiger charge is -2.09. The summed E-state index contributed by atoms with van der Waals surface area (Å²) < 4.78 is 5.81. The van der Waals surface area contributed by atoms with E-state index in [4.69, 9.17) is 4.74 Å². The Morgan fingerprint density at radius 1 is 1.67 bits per heavy atom. The summed E-state index contributed by atoms with van der Waals surface area (Å²) in [5.74, 6) is 3.91. The number of hydrogen-bond donors (Lipinski definition) is 0. The zero-order valence-electron chi connectivity index (χ0n) is 9.33. The molecule has 0 saturated heterocycles. The van der Waals surface area contributed by atoms with E-state index in [0.29, 0.717) is 4.75 Å². The van der Waals surface area contributed by atoms with Crippen molar-refractivity contribution in [3.05, 3.63) is 17.5 Å². The third-order valence-electron chi connectivity index (χ3n) is 3.64. The van der Waals surface area contributed by atoms with Crippen molar-refractivity contribution >= 4 is 11.8 Å². The number of fused-ring (bicyclic) bond motifs is 1. The van der Waals surface area contributed by atoms with Gasteiger partial charge in [0.1, 0.15) is 0 Å². The quantitative estimate of drug-likeness (QED) is 0.741. The van der Waals surface area contributed by atoms with E-state index in [1.54, 1.807) is 0 Å². The van der Waals surface area contributed by atoms with Crippen LogP contribution < -0.4 is 4.74 Å². The van der Waals surface area contributed by atoms with Crippen LogP contribution in [0.4, 0.5) is 0 Å². The third kappa shape index (κ3) is 1.53. The molecule has 0 spiro atoms. The molecule has 1 aromatic rings. The number of rotatable bonds is 3. The monoisotopic (exact) mass is 221 g/mol. The first-order valence-electron chi connectivity index (χ1n) is 5.40. The molecule has 15 heavy (non-hydrogen) atoms. The highest BCUT2D eigenvalue weighted by Gasteiger charge is 2.47. The fourth-order valence-corrected chi connectivity index (χ4v) is 3.33. The molecule has 3 heteroatoms. The van der Waals surface area contributed by atoms with Crippen molar-refractivity contribution in [2.24, 2.45) is 5.92 Å². The molecule has 2 heterocycles. The molecule has 2 nitrogen and oxygen atoms in total. The van der Waals surface area contributed by atoms with E-state index in [1.165, 1.54) is 17.7 Å². The topological polar surface area (TPSA) is 25.4 Å². The number of thioether (sulfide) groups is 1. The number of pyridine rings is 1. The number of hydrogen-bond acceptors (Lipinski definition) is 3. The van der Waals surface area contributed by atoms with Crippen LogP contribution in [0.25, 0.3) is 0 Å². The molecule has 1 aromatic heterocycles. The highest BCUT2D eigenvalue weighted by molar-refractivity contribution is 8.00. The Morgan fingerprint density at radius 2 is 2.40 bits per heavy atom. The van der Waals surface area contributed by atoms with Crippen molar-refractivity contribution in [2.45, 2.75) is 37.7 Å². The molecule has 1 aliphatic carbocycles. The van der Waals surface area contributed by atoms with E-state index in [-0.39, 0.29) is 0 Å². The van der Waals surface area contributed by atoms with Gasteiger partial charge in [-0.15, -0.1) is 11.8 Å². The van der Waals surface area contributed by atoms with Crippen LogP contribution in [0.3, 0.4) is 0 Å². The van der Waals surface area contributed by atoms with E-state index in [0.717, 1.165) is 23.2 Å². The maximum Gasteiger partial charge on any atom is 0.188 e. The van der Waals surface area contributed by atoms with Gasteiger partial charge in [0.2, 0.25) is 0 Å². The molecule has 0 N–H and O–H groups in total. The molecule has 80 valence electrons. The minimum Gasteiger partial charge on any atom is -0.447 e. The second-order valence-corrected chi connectivity index (χ2v) is 6.34. The highest BCUT2D eigenvalue weighted by atomic mass is 32.2. The van der Waals surface area contributed by atoms with Gasteiger partial charge in [-0.25, -0.2) is 0 Å². The third-order valence-corrected chi connectivity index (χ3v) is 5.28. The van der Waals surface area contributed by atoms with E-state index in [1.807, 2.05) is 18.0 Å². The molecule has 0 aromatic carbocycles. The first kappa shape index (κ1) is 9.52. The second-order valence-electron chi connectivity index (χ2n) is 4.83. The Balaban J connectivity index is 1.71. The molecule has 0 amide bonds. The van der Waals surface area contributed by atoms with Crippen LogP contribution in [-0.2, 0) is 5.75 Å². The van der Waals surface area contributed by atoms with Crippen LogP contribution in [0.2, 0.25) is 0 Å². The summed E-state index contributed by atoms with van der Waals surface area (Å²) in [5.41, 5.74) is 2.42. The van der Waals surface area contributed by atoms with Crippen LogP contribution in [0.1, 0.15) is 31.5 Å². The summed E-state index contributed by atoms with van der Waals surface area (Å²) in [7, 11) is 0. The SMILES string of the molecule is Cc1c(CSC2(C)CC2C)ncc2c1O2. The molecule has 1 fully saturated rings. The first-order chi connectivity index (χ1) is 7.10. The van der Waals surface area contributed by atoms with Gasteiger partial charge in [0.15, 0.2) is 11.5 Å². The molecular weight excluding hydrogens is 206 g/mol. The van der Waals surface area contributed by atoms with Gasteiger partial charge >= 0.3 is 0 Å². The Morgan fingerprint density at radius 3 is 3.07 bits per heavy atom. The van der Waals surface area contributed by atoms with Crippen LogP contribution >= 0.6 is 11.8 Å². The van der Waals surface area contributed by atoms with Gasteiger partial charge in [-0.1, -0.05) is 13.8 Å². The van der Waals surface area contributed by atoms with E-state index in [9.17, 15) is 0 Å². The zero-order valence-corrected chi connectivity index (χ0v) is 10.1. The molecule has 0 bridgehead atoms. The Kier molecular flexibility index (Phi) is 1.85. The Bertz CT molecular complexity index is 432. The smallest absolute Gasteiger partial charge is 0.188 e. The number of aromatic nitrogens is 1. The van der Waals surface area contributed by atoms with Gasteiger partial charge in [-0.3, -0.25) is 4.98 Å². The van der Waals surface area contributed by atoms with Crippen molar-refractivity contribution in [1.82, 2.24) is 4.98 Å². The molecule has 2 unspecified atom stereocenters. The van der Waals surface area contributed by atoms with Gasteiger partial charge in [0.25, 0.3) is 0 Å². The lowest BCUT2D eigenvalue weighted by molar-refractivity contribution is 0.646.